The molecule has 0 spiro atoms. The van der Waals surface area contributed by atoms with Crippen LogP contribution >= 0.6 is 11.6 Å². The zero-order valence-electron chi connectivity index (χ0n) is 12.6. The molecule has 1 amide bonds. The van der Waals surface area contributed by atoms with Gasteiger partial charge in [0.05, 0.1) is 17.3 Å². The van der Waals surface area contributed by atoms with Gasteiger partial charge in [0.2, 0.25) is 0 Å². The number of aromatic nitrogens is 3. The molecule has 3 rings (SSSR count). The maximum Gasteiger partial charge on any atom is 0.254 e. The average Bonchev–Trinajstić information content (AvgIpc) is 2.95. The molecule has 122 valence electrons. The highest BCUT2D eigenvalue weighted by molar-refractivity contribution is 6.31. The molecular weight excluding hydrogens is 321 g/mol. The summed E-state index contributed by atoms with van der Waals surface area (Å²) in [4.78, 5) is 16.9. The summed E-state index contributed by atoms with van der Waals surface area (Å²) in [6, 6.07) is 2.17. The van der Waals surface area contributed by atoms with Crippen molar-refractivity contribution in [3.8, 4) is 0 Å². The number of rotatable bonds is 3. The van der Waals surface area contributed by atoms with Crippen molar-refractivity contribution in [3.05, 3.63) is 40.2 Å². The number of hydrogen-bond acceptors (Lipinski definition) is 4. The van der Waals surface area contributed by atoms with Crippen LogP contribution in [0.1, 0.15) is 47.8 Å². The summed E-state index contributed by atoms with van der Waals surface area (Å²) in [7, 11) is 0. The van der Waals surface area contributed by atoms with Crippen molar-refractivity contribution >= 4 is 23.2 Å². The number of nitrogens with zero attached hydrogens (tertiary/aromatic N) is 3. The third-order valence-electron chi connectivity index (χ3n) is 3.88. The molecule has 2 aromatic rings. The Bertz CT molecular complexity index is 761. The van der Waals surface area contributed by atoms with Gasteiger partial charge in [0.1, 0.15) is 11.6 Å². The fraction of sp³-hybridized carbons (Fsp3) is 0.400. The number of anilines is 1. The van der Waals surface area contributed by atoms with Crippen molar-refractivity contribution < 1.29 is 9.18 Å². The predicted molar refractivity (Wildman–Crippen MR) is 84.7 cm³/mol. The second kappa shape index (κ2) is 6.16. The van der Waals surface area contributed by atoms with Crippen molar-refractivity contribution in [1.82, 2.24) is 20.1 Å². The van der Waals surface area contributed by atoms with Crippen molar-refractivity contribution in [2.75, 3.05) is 5.73 Å². The molecule has 0 radical (unpaired) electrons. The van der Waals surface area contributed by atoms with E-state index < -0.39 is 11.7 Å². The highest BCUT2D eigenvalue weighted by Gasteiger charge is 2.26. The minimum Gasteiger partial charge on any atom is -0.396 e. The van der Waals surface area contributed by atoms with Gasteiger partial charge in [-0.05, 0) is 25.0 Å². The largest absolute Gasteiger partial charge is 0.396 e. The van der Waals surface area contributed by atoms with Crippen LogP contribution in [0.5, 0.6) is 0 Å². The van der Waals surface area contributed by atoms with E-state index in [1.54, 1.807) is 0 Å². The molecule has 6 nitrogen and oxygen atoms in total. The lowest BCUT2D eigenvalue weighted by Crippen LogP contribution is -2.33. The second-order valence-corrected chi connectivity index (χ2v) is 5.92. The maximum atomic E-state index is 13.7. The fourth-order valence-electron chi connectivity index (χ4n) is 2.69. The van der Waals surface area contributed by atoms with Gasteiger partial charge in [-0.25, -0.2) is 14.1 Å². The average molecular weight is 338 g/mol. The van der Waals surface area contributed by atoms with Crippen molar-refractivity contribution in [3.63, 3.8) is 0 Å². The van der Waals surface area contributed by atoms with E-state index >= 15 is 0 Å². The molecule has 1 aliphatic rings. The third-order valence-corrected chi connectivity index (χ3v) is 4.10. The molecule has 1 aliphatic heterocycles. The van der Waals surface area contributed by atoms with Gasteiger partial charge in [-0.1, -0.05) is 18.5 Å². The molecule has 1 atom stereocenters. The number of benzene rings is 1. The molecule has 3 N–H and O–H groups in total. The molecule has 0 unspecified atom stereocenters. The number of nitrogen functional groups attached to an aromatic ring is 1. The van der Waals surface area contributed by atoms with Crippen LogP contribution in [0, 0.1) is 5.82 Å². The molecule has 0 saturated heterocycles. The zero-order chi connectivity index (χ0) is 16.6. The zero-order valence-corrected chi connectivity index (χ0v) is 13.4. The molecule has 1 aromatic heterocycles. The molecule has 23 heavy (non-hydrogen) atoms. The van der Waals surface area contributed by atoms with Crippen LogP contribution in [0.2, 0.25) is 5.02 Å². The number of nitrogens with one attached hydrogen (secondary N) is 1. The predicted octanol–water partition coefficient (Wildman–Crippen LogP) is 2.48. The van der Waals surface area contributed by atoms with E-state index in [1.165, 1.54) is 6.07 Å². The van der Waals surface area contributed by atoms with Crippen molar-refractivity contribution in [2.24, 2.45) is 0 Å². The van der Waals surface area contributed by atoms with Crippen LogP contribution in [0.4, 0.5) is 10.1 Å². The monoisotopic (exact) mass is 337 g/mol. The van der Waals surface area contributed by atoms with Crippen LogP contribution in [0.25, 0.3) is 0 Å². The lowest BCUT2D eigenvalue weighted by Gasteiger charge is -2.23. The van der Waals surface area contributed by atoms with Gasteiger partial charge in [0.15, 0.2) is 5.82 Å². The summed E-state index contributed by atoms with van der Waals surface area (Å²) in [5, 5.41) is 7.38. The lowest BCUT2D eigenvalue weighted by molar-refractivity contribution is 0.0928. The van der Waals surface area contributed by atoms with Gasteiger partial charge in [-0.2, -0.15) is 5.10 Å². The summed E-state index contributed by atoms with van der Waals surface area (Å²) < 4.78 is 15.5. The van der Waals surface area contributed by atoms with Crippen LogP contribution in [0.15, 0.2) is 12.1 Å². The van der Waals surface area contributed by atoms with E-state index in [4.69, 9.17) is 17.3 Å². The van der Waals surface area contributed by atoms with Crippen molar-refractivity contribution in [2.45, 2.75) is 38.8 Å². The lowest BCUT2D eigenvalue weighted by atomic mass is 10.1. The number of hydrogen-bond donors (Lipinski definition) is 2. The number of amides is 1. The second-order valence-electron chi connectivity index (χ2n) is 5.48. The standard InChI is InChI=1S/C15H17ClFN5O/c1-2-12-20-14-11(4-3-5-22(14)21-12)19-15(23)9-6-8(16)7-10(17)13(9)18/h6-7,11H,2-5,18H2,1H3,(H,19,23)/t11-/m0/s1. The van der Waals surface area contributed by atoms with Gasteiger partial charge in [-0.3, -0.25) is 4.79 Å². The number of nitrogens with two attached hydrogens (primary N) is 1. The Morgan fingerprint density at radius 2 is 2.35 bits per heavy atom. The van der Waals surface area contributed by atoms with Gasteiger partial charge in [0, 0.05) is 18.0 Å². The molecule has 0 fully saturated rings. The molecule has 8 heteroatoms. The summed E-state index contributed by atoms with van der Waals surface area (Å²) in [6.07, 6.45) is 2.35. The van der Waals surface area contributed by atoms with E-state index in [0.717, 1.165) is 43.5 Å². The van der Waals surface area contributed by atoms with E-state index in [-0.39, 0.29) is 22.3 Å². The molecule has 0 aliphatic carbocycles. The van der Waals surface area contributed by atoms with E-state index in [2.05, 4.69) is 15.4 Å². The molecule has 1 aromatic carbocycles. The summed E-state index contributed by atoms with van der Waals surface area (Å²) in [5.74, 6) is 0.295. The quantitative estimate of drug-likeness (QED) is 0.842. The highest BCUT2D eigenvalue weighted by atomic mass is 35.5. The minimum atomic E-state index is -0.706. The Morgan fingerprint density at radius 3 is 3.09 bits per heavy atom. The normalized spacial score (nSPS) is 16.9. The van der Waals surface area contributed by atoms with Crippen LogP contribution in [0.3, 0.4) is 0 Å². The smallest absolute Gasteiger partial charge is 0.254 e. The number of carbonyl (C=O) groups excluding carboxylic acids is 1. The van der Waals surface area contributed by atoms with Crippen LogP contribution in [-0.4, -0.2) is 20.7 Å². The van der Waals surface area contributed by atoms with Gasteiger partial charge in [0.25, 0.3) is 5.91 Å². The van der Waals surface area contributed by atoms with E-state index in [1.807, 2.05) is 11.6 Å². The van der Waals surface area contributed by atoms with E-state index in [0.29, 0.717) is 0 Å². The van der Waals surface area contributed by atoms with Gasteiger partial charge < -0.3 is 11.1 Å². The number of carbonyl (C=O) groups is 1. The summed E-state index contributed by atoms with van der Waals surface area (Å²) >= 11 is 5.81. The Morgan fingerprint density at radius 1 is 1.57 bits per heavy atom. The Hall–Kier alpha value is -2.15. The first-order valence-electron chi connectivity index (χ1n) is 7.48. The highest BCUT2D eigenvalue weighted by Crippen LogP contribution is 2.26. The first-order valence-corrected chi connectivity index (χ1v) is 7.86. The summed E-state index contributed by atoms with van der Waals surface area (Å²) in [6.45, 7) is 2.76. The first kappa shape index (κ1) is 15.7. The molecule has 0 bridgehead atoms. The number of aryl methyl sites for hydroxylation is 2. The van der Waals surface area contributed by atoms with Gasteiger partial charge >= 0.3 is 0 Å². The fourth-order valence-corrected chi connectivity index (χ4v) is 2.90. The van der Waals surface area contributed by atoms with Crippen LogP contribution in [-0.2, 0) is 13.0 Å². The number of fused-ring (bicyclic) bond motifs is 1. The molecule has 0 saturated carbocycles. The first-order chi connectivity index (χ1) is 11.0. The number of halogens is 2. The molecular formula is C15H17ClFN5O. The topological polar surface area (TPSA) is 85.8 Å². The Balaban J connectivity index is 1.86. The maximum absolute atomic E-state index is 13.7. The Kier molecular flexibility index (Phi) is 4.21. The Labute approximate surface area is 137 Å². The minimum absolute atomic E-state index is 0.0300. The SMILES string of the molecule is CCc1nc2n(n1)CCC[C@@H]2NC(=O)c1cc(Cl)cc(F)c1N. The molecule has 2 heterocycles. The van der Waals surface area contributed by atoms with Crippen LogP contribution < -0.4 is 11.1 Å². The third kappa shape index (κ3) is 3.01. The van der Waals surface area contributed by atoms with Gasteiger partial charge in [-0.15, -0.1) is 0 Å². The van der Waals surface area contributed by atoms with Crippen molar-refractivity contribution in [1.29, 1.82) is 0 Å². The van der Waals surface area contributed by atoms with E-state index in [9.17, 15) is 9.18 Å². The summed E-state index contributed by atoms with van der Waals surface area (Å²) in [5.41, 5.74) is 5.47.